The molecule has 0 spiro atoms. The fourth-order valence-electron chi connectivity index (χ4n) is 2.73. The van der Waals surface area contributed by atoms with Gasteiger partial charge in [0, 0.05) is 17.5 Å². The number of H-pyrrole nitrogens is 1. The SMILES string of the molecule is CCCCCCCCCCCCCCSc1nc(C)cc(=O)[nH]1. The molecule has 0 saturated carbocycles. The van der Waals surface area contributed by atoms with Gasteiger partial charge in [0.05, 0.1) is 0 Å². The van der Waals surface area contributed by atoms with Crippen LogP contribution in [0.1, 0.15) is 89.7 Å². The van der Waals surface area contributed by atoms with E-state index in [4.69, 9.17) is 0 Å². The highest BCUT2D eigenvalue weighted by molar-refractivity contribution is 7.99. The average Bonchev–Trinajstić information content (AvgIpc) is 2.51. The lowest BCUT2D eigenvalue weighted by molar-refractivity contribution is 0.548. The first-order valence-electron chi connectivity index (χ1n) is 9.43. The molecule has 0 aliphatic rings. The number of aromatic amines is 1. The summed E-state index contributed by atoms with van der Waals surface area (Å²) in [6.45, 7) is 4.14. The van der Waals surface area contributed by atoms with Crippen molar-refractivity contribution >= 4 is 11.8 Å². The van der Waals surface area contributed by atoms with Crippen molar-refractivity contribution in [2.45, 2.75) is 96.1 Å². The molecule has 0 aromatic carbocycles. The van der Waals surface area contributed by atoms with Gasteiger partial charge >= 0.3 is 0 Å². The van der Waals surface area contributed by atoms with E-state index < -0.39 is 0 Å². The largest absolute Gasteiger partial charge is 0.301 e. The van der Waals surface area contributed by atoms with Gasteiger partial charge in [0.1, 0.15) is 0 Å². The predicted octanol–water partition coefficient (Wildman–Crippen LogP) is 5.87. The molecule has 0 bridgehead atoms. The Bertz CT molecular complexity index is 459. The molecular weight excluding hydrogens is 304 g/mol. The first-order chi connectivity index (χ1) is 11.2. The number of nitrogens with one attached hydrogen (secondary N) is 1. The van der Waals surface area contributed by atoms with Crippen LogP contribution in [-0.4, -0.2) is 15.7 Å². The van der Waals surface area contributed by atoms with Gasteiger partial charge in [-0.3, -0.25) is 4.79 Å². The first kappa shape index (κ1) is 20.3. The number of aryl methyl sites for hydroxylation is 1. The molecule has 0 saturated heterocycles. The molecule has 1 heterocycles. The van der Waals surface area contributed by atoms with Crippen LogP contribution in [0.15, 0.2) is 16.0 Å². The molecule has 1 aromatic rings. The molecule has 3 nitrogen and oxygen atoms in total. The van der Waals surface area contributed by atoms with E-state index in [1.165, 1.54) is 83.1 Å². The standard InChI is InChI=1S/C19H34N2OS/c1-3-4-5-6-7-8-9-10-11-12-13-14-15-23-19-20-17(2)16-18(22)21-19/h16H,3-15H2,1-2H3,(H,20,21,22). The van der Waals surface area contributed by atoms with Crippen molar-refractivity contribution < 1.29 is 0 Å². The van der Waals surface area contributed by atoms with Crippen LogP contribution < -0.4 is 5.56 Å². The van der Waals surface area contributed by atoms with Crippen LogP contribution in [0.25, 0.3) is 0 Å². The number of hydrogen-bond donors (Lipinski definition) is 1. The summed E-state index contributed by atoms with van der Waals surface area (Å²) in [7, 11) is 0. The van der Waals surface area contributed by atoms with Gasteiger partial charge in [0.2, 0.25) is 0 Å². The quantitative estimate of drug-likeness (QED) is 0.262. The van der Waals surface area contributed by atoms with E-state index in [1.54, 1.807) is 11.8 Å². The lowest BCUT2D eigenvalue weighted by Crippen LogP contribution is -2.08. The highest BCUT2D eigenvalue weighted by atomic mass is 32.2. The van der Waals surface area contributed by atoms with E-state index in [0.717, 1.165) is 16.6 Å². The molecule has 1 N–H and O–H groups in total. The Morgan fingerprint density at radius 2 is 1.43 bits per heavy atom. The van der Waals surface area contributed by atoms with E-state index in [0.29, 0.717) is 0 Å². The minimum Gasteiger partial charge on any atom is -0.301 e. The number of nitrogens with zero attached hydrogens (tertiary/aromatic N) is 1. The molecule has 0 fully saturated rings. The van der Waals surface area contributed by atoms with E-state index in [1.807, 2.05) is 6.92 Å². The van der Waals surface area contributed by atoms with Crippen molar-refractivity contribution in [1.29, 1.82) is 0 Å². The lowest BCUT2D eigenvalue weighted by Gasteiger charge is -2.03. The smallest absolute Gasteiger partial charge is 0.251 e. The molecule has 4 heteroatoms. The Morgan fingerprint density at radius 1 is 0.913 bits per heavy atom. The zero-order valence-electron chi connectivity index (χ0n) is 15.0. The Morgan fingerprint density at radius 3 is 1.96 bits per heavy atom. The van der Waals surface area contributed by atoms with Crippen molar-refractivity contribution in [3.05, 3.63) is 22.1 Å². The predicted molar refractivity (Wildman–Crippen MR) is 101 cm³/mol. The number of unbranched alkanes of at least 4 members (excludes halogenated alkanes) is 11. The van der Waals surface area contributed by atoms with Gasteiger partial charge in [-0.2, -0.15) is 0 Å². The second-order valence-electron chi connectivity index (χ2n) is 6.43. The summed E-state index contributed by atoms with van der Waals surface area (Å²) < 4.78 is 0. The van der Waals surface area contributed by atoms with Crippen molar-refractivity contribution in [1.82, 2.24) is 9.97 Å². The van der Waals surface area contributed by atoms with Crippen LogP contribution >= 0.6 is 11.8 Å². The Hall–Kier alpha value is -0.770. The number of hydrogen-bond acceptors (Lipinski definition) is 3. The molecule has 1 rings (SSSR count). The Kier molecular flexibility index (Phi) is 12.0. The third-order valence-corrected chi connectivity index (χ3v) is 5.04. The van der Waals surface area contributed by atoms with Gasteiger partial charge in [-0.15, -0.1) is 0 Å². The zero-order chi connectivity index (χ0) is 16.8. The number of aromatic nitrogens is 2. The highest BCUT2D eigenvalue weighted by Gasteiger charge is 1.99. The van der Waals surface area contributed by atoms with Crippen molar-refractivity contribution in [2.24, 2.45) is 0 Å². The number of rotatable bonds is 14. The summed E-state index contributed by atoms with van der Waals surface area (Å²) in [6, 6.07) is 1.54. The maximum absolute atomic E-state index is 11.3. The summed E-state index contributed by atoms with van der Waals surface area (Å²) in [5.41, 5.74) is 0.751. The molecular formula is C19H34N2OS. The van der Waals surface area contributed by atoms with Gasteiger partial charge in [-0.25, -0.2) is 4.98 Å². The average molecular weight is 339 g/mol. The minimum absolute atomic E-state index is 0.0466. The van der Waals surface area contributed by atoms with E-state index >= 15 is 0 Å². The maximum atomic E-state index is 11.3. The fourth-order valence-corrected chi connectivity index (χ4v) is 3.65. The summed E-state index contributed by atoms with van der Waals surface area (Å²) >= 11 is 1.66. The highest BCUT2D eigenvalue weighted by Crippen LogP contribution is 2.16. The van der Waals surface area contributed by atoms with Crippen LogP contribution in [0.3, 0.4) is 0 Å². The van der Waals surface area contributed by atoms with E-state index in [2.05, 4.69) is 16.9 Å². The van der Waals surface area contributed by atoms with Gasteiger partial charge in [-0.1, -0.05) is 89.3 Å². The van der Waals surface area contributed by atoms with Crippen molar-refractivity contribution in [3.8, 4) is 0 Å². The van der Waals surface area contributed by atoms with Crippen LogP contribution in [0, 0.1) is 6.92 Å². The minimum atomic E-state index is -0.0466. The van der Waals surface area contributed by atoms with Crippen LogP contribution in [-0.2, 0) is 0 Å². The molecule has 0 amide bonds. The molecule has 0 aliphatic heterocycles. The van der Waals surface area contributed by atoms with E-state index in [-0.39, 0.29) is 5.56 Å². The van der Waals surface area contributed by atoms with Crippen molar-refractivity contribution in [3.63, 3.8) is 0 Å². The van der Waals surface area contributed by atoms with Gasteiger partial charge < -0.3 is 4.98 Å². The van der Waals surface area contributed by atoms with Crippen molar-refractivity contribution in [2.75, 3.05) is 5.75 Å². The molecule has 0 radical (unpaired) electrons. The maximum Gasteiger partial charge on any atom is 0.251 e. The fraction of sp³-hybridized carbons (Fsp3) is 0.789. The molecule has 0 aliphatic carbocycles. The summed E-state index contributed by atoms with van der Waals surface area (Å²) in [5, 5.41) is 0.762. The van der Waals surface area contributed by atoms with Gasteiger partial charge in [0.25, 0.3) is 5.56 Å². The number of thioether (sulfide) groups is 1. The molecule has 23 heavy (non-hydrogen) atoms. The Balaban J connectivity index is 1.87. The topological polar surface area (TPSA) is 45.8 Å². The molecule has 132 valence electrons. The summed E-state index contributed by atoms with van der Waals surface area (Å²) in [4.78, 5) is 18.5. The van der Waals surface area contributed by atoms with Crippen LogP contribution in [0.2, 0.25) is 0 Å². The first-order valence-corrected chi connectivity index (χ1v) is 10.4. The van der Waals surface area contributed by atoms with E-state index in [9.17, 15) is 4.79 Å². The third-order valence-electron chi connectivity index (χ3n) is 4.08. The zero-order valence-corrected chi connectivity index (χ0v) is 15.8. The molecule has 1 aromatic heterocycles. The normalized spacial score (nSPS) is 11.0. The third kappa shape index (κ3) is 11.4. The van der Waals surface area contributed by atoms with Gasteiger partial charge in [0.15, 0.2) is 5.16 Å². The molecule has 0 atom stereocenters. The van der Waals surface area contributed by atoms with Gasteiger partial charge in [-0.05, 0) is 13.3 Å². The molecule has 0 unspecified atom stereocenters. The summed E-state index contributed by atoms with van der Waals surface area (Å²) in [5.74, 6) is 1.05. The lowest BCUT2D eigenvalue weighted by atomic mass is 10.1. The monoisotopic (exact) mass is 338 g/mol. The van der Waals surface area contributed by atoms with Crippen LogP contribution in [0.5, 0.6) is 0 Å². The Labute approximate surface area is 146 Å². The second-order valence-corrected chi connectivity index (χ2v) is 7.51. The summed E-state index contributed by atoms with van der Waals surface area (Å²) in [6.07, 6.45) is 16.5. The van der Waals surface area contributed by atoms with Crippen LogP contribution in [0.4, 0.5) is 0 Å². The second kappa shape index (κ2) is 13.6.